The predicted molar refractivity (Wildman–Crippen MR) is 115 cm³/mol. The van der Waals surface area contributed by atoms with Crippen LogP contribution in [0.15, 0.2) is 53.5 Å². The molecule has 152 valence electrons. The van der Waals surface area contributed by atoms with Gasteiger partial charge in [-0.2, -0.15) is 0 Å². The molecule has 0 radical (unpaired) electrons. The minimum absolute atomic E-state index is 0.0557. The highest BCUT2D eigenvalue weighted by Crippen LogP contribution is 2.31. The van der Waals surface area contributed by atoms with E-state index in [4.69, 9.17) is 4.74 Å². The first kappa shape index (κ1) is 19.3. The second-order valence-corrected chi connectivity index (χ2v) is 7.71. The van der Waals surface area contributed by atoms with Gasteiger partial charge in [0.25, 0.3) is 0 Å². The van der Waals surface area contributed by atoms with Crippen LogP contribution < -0.4 is 20.7 Å². The van der Waals surface area contributed by atoms with E-state index in [0.717, 1.165) is 35.1 Å². The van der Waals surface area contributed by atoms with Gasteiger partial charge in [0, 0.05) is 43.7 Å². The van der Waals surface area contributed by atoms with Gasteiger partial charge in [0.15, 0.2) is 5.96 Å². The third-order valence-corrected chi connectivity index (χ3v) is 5.44. The molecule has 1 fully saturated rings. The number of anilines is 1. The van der Waals surface area contributed by atoms with Crippen molar-refractivity contribution < 1.29 is 9.53 Å². The van der Waals surface area contributed by atoms with E-state index >= 15 is 0 Å². The molecule has 6 nitrogen and oxygen atoms in total. The van der Waals surface area contributed by atoms with E-state index in [1.165, 1.54) is 12.8 Å². The number of benzene rings is 2. The molecule has 1 amide bonds. The zero-order valence-electron chi connectivity index (χ0n) is 16.8. The average Bonchev–Trinajstić information content (AvgIpc) is 3.57. The summed E-state index contributed by atoms with van der Waals surface area (Å²) in [4.78, 5) is 16.3. The fourth-order valence-electron chi connectivity index (χ4n) is 3.59. The largest absolute Gasteiger partial charge is 0.493 e. The summed E-state index contributed by atoms with van der Waals surface area (Å²) in [5.74, 6) is 2.54. The van der Waals surface area contributed by atoms with Gasteiger partial charge in [-0.1, -0.05) is 36.4 Å². The fourth-order valence-corrected chi connectivity index (χ4v) is 3.59. The number of carbonyl (C=O) groups excluding carboxylic acids is 1. The zero-order chi connectivity index (χ0) is 20.1. The van der Waals surface area contributed by atoms with Gasteiger partial charge in [-0.3, -0.25) is 9.79 Å². The summed E-state index contributed by atoms with van der Waals surface area (Å²) in [7, 11) is 1.76. The molecule has 0 saturated heterocycles. The third-order valence-electron chi connectivity index (χ3n) is 5.44. The van der Waals surface area contributed by atoms with Crippen LogP contribution >= 0.6 is 0 Å². The van der Waals surface area contributed by atoms with Crippen LogP contribution in [0.2, 0.25) is 0 Å². The van der Waals surface area contributed by atoms with Crippen molar-refractivity contribution in [3.63, 3.8) is 0 Å². The molecule has 0 bridgehead atoms. The van der Waals surface area contributed by atoms with Crippen LogP contribution in [0.3, 0.4) is 0 Å². The van der Waals surface area contributed by atoms with Crippen molar-refractivity contribution in [1.29, 1.82) is 0 Å². The fraction of sp³-hybridized carbons (Fsp3) is 0.391. The molecule has 2 aliphatic rings. The Balaban J connectivity index is 1.33. The number of rotatable bonds is 7. The smallest absolute Gasteiger partial charge is 0.225 e. The molecule has 1 heterocycles. The number of para-hydroxylation sites is 2. The van der Waals surface area contributed by atoms with Crippen molar-refractivity contribution in [3.05, 3.63) is 59.7 Å². The van der Waals surface area contributed by atoms with Crippen LogP contribution in [-0.2, 0) is 11.3 Å². The highest BCUT2D eigenvalue weighted by Gasteiger charge is 2.25. The van der Waals surface area contributed by atoms with Crippen LogP contribution in [0.25, 0.3) is 0 Å². The van der Waals surface area contributed by atoms with Crippen molar-refractivity contribution in [2.24, 2.45) is 10.9 Å². The molecule has 4 rings (SSSR count). The highest BCUT2D eigenvalue weighted by molar-refractivity contribution is 5.94. The molecule has 1 aliphatic carbocycles. The molecule has 1 saturated carbocycles. The minimum atomic E-state index is 0.0557. The molecule has 29 heavy (non-hydrogen) atoms. The Morgan fingerprint density at radius 2 is 1.93 bits per heavy atom. The number of fused-ring (bicyclic) bond motifs is 1. The van der Waals surface area contributed by atoms with E-state index < -0.39 is 0 Å². The normalized spacial score (nSPS) is 18.6. The van der Waals surface area contributed by atoms with Crippen molar-refractivity contribution in [1.82, 2.24) is 10.6 Å². The van der Waals surface area contributed by atoms with Gasteiger partial charge in [-0.05, 0) is 36.5 Å². The maximum Gasteiger partial charge on any atom is 0.225 e. The van der Waals surface area contributed by atoms with Crippen molar-refractivity contribution in [2.75, 3.05) is 25.5 Å². The maximum absolute atomic E-state index is 12.0. The van der Waals surface area contributed by atoms with Gasteiger partial charge >= 0.3 is 0 Å². The summed E-state index contributed by atoms with van der Waals surface area (Å²) >= 11 is 0. The van der Waals surface area contributed by atoms with Crippen molar-refractivity contribution >= 4 is 17.6 Å². The Morgan fingerprint density at radius 1 is 1.14 bits per heavy atom. The van der Waals surface area contributed by atoms with Gasteiger partial charge in [-0.15, -0.1) is 0 Å². The Bertz CT molecular complexity index is 892. The van der Waals surface area contributed by atoms with Crippen LogP contribution in [0.4, 0.5) is 5.69 Å². The van der Waals surface area contributed by atoms with Crippen LogP contribution in [0.1, 0.15) is 36.3 Å². The quantitative estimate of drug-likeness (QED) is 0.499. The van der Waals surface area contributed by atoms with E-state index in [2.05, 4.69) is 33.1 Å². The Kier molecular flexibility index (Phi) is 5.98. The van der Waals surface area contributed by atoms with E-state index in [-0.39, 0.29) is 11.8 Å². The first-order chi connectivity index (χ1) is 14.2. The number of nitrogens with zero attached hydrogens (tertiary/aromatic N) is 1. The molecule has 0 aromatic heterocycles. The molecule has 1 aliphatic heterocycles. The molecule has 1 unspecified atom stereocenters. The summed E-state index contributed by atoms with van der Waals surface area (Å²) in [5, 5.41) is 9.67. The van der Waals surface area contributed by atoms with E-state index in [0.29, 0.717) is 25.5 Å². The number of amides is 1. The number of hydrogen-bond acceptors (Lipinski definition) is 3. The van der Waals surface area contributed by atoms with Gasteiger partial charge < -0.3 is 20.7 Å². The monoisotopic (exact) mass is 392 g/mol. The Morgan fingerprint density at radius 3 is 2.76 bits per heavy atom. The number of guanidine groups is 1. The summed E-state index contributed by atoms with van der Waals surface area (Å²) < 4.78 is 5.99. The molecular formula is C23H28N4O2. The average molecular weight is 393 g/mol. The lowest BCUT2D eigenvalue weighted by molar-refractivity contribution is -0.116. The highest BCUT2D eigenvalue weighted by atomic mass is 16.5. The molecule has 0 spiro atoms. The second-order valence-electron chi connectivity index (χ2n) is 7.71. The van der Waals surface area contributed by atoms with Crippen LogP contribution in [-0.4, -0.2) is 32.1 Å². The first-order valence-electron chi connectivity index (χ1n) is 10.3. The second kappa shape index (κ2) is 8.99. The van der Waals surface area contributed by atoms with E-state index in [9.17, 15) is 4.79 Å². The lowest BCUT2D eigenvalue weighted by atomic mass is 9.90. The Labute approximate surface area is 171 Å². The molecular weight excluding hydrogens is 364 g/mol. The lowest BCUT2D eigenvalue weighted by Gasteiger charge is -2.26. The zero-order valence-corrected chi connectivity index (χ0v) is 16.8. The third kappa shape index (κ3) is 5.08. The Hall–Kier alpha value is -3.02. The maximum atomic E-state index is 12.0. The molecule has 2 aromatic rings. The lowest BCUT2D eigenvalue weighted by Crippen LogP contribution is -2.40. The van der Waals surface area contributed by atoms with Gasteiger partial charge in [0.2, 0.25) is 5.91 Å². The number of nitrogens with one attached hydrogen (secondary N) is 3. The number of ether oxygens (including phenoxy) is 1. The van der Waals surface area contributed by atoms with Crippen LogP contribution in [0, 0.1) is 5.92 Å². The minimum Gasteiger partial charge on any atom is -0.493 e. The molecule has 6 heteroatoms. The predicted octanol–water partition coefficient (Wildman–Crippen LogP) is 3.27. The number of carbonyl (C=O) groups is 1. The molecule has 1 atom stereocenters. The summed E-state index contributed by atoms with van der Waals surface area (Å²) in [6, 6.07) is 16.1. The summed E-state index contributed by atoms with van der Waals surface area (Å²) in [6.07, 6.45) is 3.03. The van der Waals surface area contributed by atoms with Gasteiger partial charge in [0.05, 0.1) is 6.61 Å². The van der Waals surface area contributed by atoms with Crippen LogP contribution in [0.5, 0.6) is 5.75 Å². The number of aliphatic imine (C=N–C) groups is 1. The molecule has 3 N–H and O–H groups in total. The topological polar surface area (TPSA) is 74.8 Å². The van der Waals surface area contributed by atoms with Gasteiger partial charge in [0.1, 0.15) is 5.75 Å². The van der Waals surface area contributed by atoms with E-state index in [1.807, 2.05) is 36.4 Å². The number of hydrogen-bond donors (Lipinski definition) is 3. The van der Waals surface area contributed by atoms with Crippen molar-refractivity contribution in [2.45, 2.75) is 31.7 Å². The van der Waals surface area contributed by atoms with Crippen molar-refractivity contribution in [3.8, 4) is 5.75 Å². The SMILES string of the molecule is CN=C(NCc1ccccc1OCC1CC1)NCC1CC(=O)Nc2ccccc21. The first-order valence-corrected chi connectivity index (χ1v) is 10.3. The standard InChI is InChI=1S/C23H28N4O2/c1-24-23(25-13-17-6-2-5-9-21(17)29-15-16-10-11-16)26-14-18-12-22(28)27-20-8-4-3-7-19(18)20/h2-9,16,18H,10-15H2,1H3,(H,27,28)(H2,24,25,26). The van der Waals surface area contributed by atoms with Gasteiger partial charge in [-0.25, -0.2) is 0 Å². The van der Waals surface area contributed by atoms with E-state index in [1.54, 1.807) is 7.05 Å². The molecule has 2 aromatic carbocycles. The summed E-state index contributed by atoms with van der Waals surface area (Å²) in [6.45, 7) is 2.07. The summed E-state index contributed by atoms with van der Waals surface area (Å²) in [5.41, 5.74) is 3.17.